The van der Waals surface area contributed by atoms with Gasteiger partial charge in [0.05, 0.1) is 5.52 Å². The molecule has 5 aromatic rings. The van der Waals surface area contributed by atoms with Crippen LogP contribution in [0.5, 0.6) is 0 Å². The molecule has 8 heteroatoms. The number of para-hydroxylation sites is 2. The maximum atomic E-state index is 15.0. The summed E-state index contributed by atoms with van der Waals surface area (Å²) in [6, 6.07) is 24.1. The van der Waals surface area contributed by atoms with Crippen molar-refractivity contribution >= 4 is 28.4 Å². The summed E-state index contributed by atoms with van der Waals surface area (Å²) in [4.78, 5) is 1.94. The molecule has 0 spiro atoms. The van der Waals surface area contributed by atoms with Gasteiger partial charge in [0.25, 0.3) is 0 Å². The number of hydrogen-bond donors (Lipinski definition) is 0. The molecule has 1 aromatic heterocycles. The van der Waals surface area contributed by atoms with Crippen LogP contribution in [0.4, 0.5) is 37.7 Å². The van der Waals surface area contributed by atoms with Crippen LogP contribution < -0.4 is 4.90 Å². The quantitative estimate of drug-likeness (QED) is 0.134. The summed E-state index contributed by atoms with van der Waals surface area (Å²) in [5, 5.41) is 0.877. The molecule has 2 heterocycles. The molecule has 0 bridgehead atoms. The molecule has 0 saturated heterocycles. The van der Waals surface area contributed by atoms with Crippen molar-refractivity contribution < 1.29 is 26.3 Å². The topological polar surface area (TPSA) is 8.17 Å². The van der Waals surface area contributed by atoms with Crippen molar-refractivity contribution in [3.05, 3.63) is 144 Å². The molecule has 4 aromatic carbocycles. The number of rotatable bonds is 6. The highest BCUT2D eigenvalue weighted by Gasteiger charge is 2.72. The summed E-state index contributed by atoms with van der Waals surface area (Å²) in [5.41, 5.74) is -1.57. The monoisotopic (exact) mass is 630 g/mol. The smallest absolute Gasteiger partial charge is 0.335 e. The highest BCUT2D eigenvalue weighted by Crippen LogP contribution is 2.57. The maximum absolute atomic E-state index is 15.0. The number of alkyl halides is 6. The summed E-state index contributed by atoms with van der Waals surface area (Å²) in [5.74, 6) is -0.102. The summed E-state index contributed by atoms with van der Waals surface area (Å²) < 4.78 is 92.1. The van der Waals surface area contributed by atoms with E-state index in [0.717, 1.165) is 57.7 Å². The van der Waals surface area contributed by atoms with E-state index in [4.69, 9.17) is 0 Å². The van der Waals surface area contributed by atoms with Gasteiger partial charge in [0.1, 0.15) is 0 Å². The predicted molar refractivity (Wildman–Crippen MR) is 173 cm³/mol. The molecule has 236 valence electrons. The molecule has 2 nitrogen and oxygen atoms in total. The Bertz CT molecular complexity index is 1930. The number of aromatic nitrogens is 1. The Kier molecular flexibility index (Phi) is 7.26. The van der Waals surface area contributed by atoms with Crippen LogP contribution in [0, 0.1) is 6.92 Å². The number of halogens is 6. The average molecular weight is 631 g/mol. The van der Waals surface area contributed by atoms with E-state index in [2.05, 4.69) is 13.2 Å². The Morgan fingerprint density at radius 3 is 1.76 bits per heavy atom. The molecule has 1 aliphatic heterocycles. The number of hydrogen-bond acceptors (Lipinski definition) is 1. The molecule has 46 heavy (non-hydrogen) atoms. The van der Waals surface area contributed by atoms with E-state index < -0.39 is 34.4 Å². The molecule has 1 aliphatic rings. The van der Waals surface area contributed by atoms with E-state index in [1.807, 2.05) is 80.3 Å². The van der Waals surface area contributed by atoms with E-state index in [0.29, 0.717) is 11.4 Å². The average Bonchev–Trinajstić information content (AvgIpc) is 3.42. The standard InChI is InChI=1S/C38H32F6N2/c1-6-29-24(3)45(33-14-10-8-12-30(29)33)27-20-16-25(17-21-27)36(37(39,40)41,38(42,43)44)26-18-22-28(23-19-26)46-34-15-11-9-13-31(34)32(7-2)35(46,4)5/h6-23,32H,1-2H2,3-5H3. The van der Waals surface area contributed by atoms with Gasteiger partial charge in [-0.3, -0.25) is 0 Å². The van der Waals surface area contributed by atoms with Crippen molar-refractivity contribution in [3.8, 4) is 5.69 Å². The largest absolute Gasteiger partial charge is 0.411 e. The van der Waals surface area contributed by atoms with Crippen LogP contribution in [0.3, 0.4) is 0 Å². The van der Waals surface area contributed by atoms with E-state index in [1.165, 1.54) is 24.3 Å². The van der Waals surface area contributed by atoms with Crippen LogP contribution in [0.25, 0.3) is 22.7 Å². The Morgan fingerprint density at radius 1 is 0.696 bits per heavy atom. The molecule has 1 atom stereocenters. The molecule has 0 fully saturated rings. The van der Waals surface area contributed by atoms with E-state index in [9.17, 15) is 0 Å². The highest BCUT2D eigenvalue weighted by atomic mass is 19.4. The third-order valence-corrected chi connectivity index (χ3v) is 9.42. The fourth-order valence-corrected chi connectivity index (χ4v) is 7.36. The second-order valence-corrected chi connectivity index (χ2v) is 12.2. The van der Waals surface area contributed by atoms with Crippen molar-refractivity contribution in [1.82, 2.24) is 4.57 Å². The molecule has 6 rings (SSSR count). The zero-order chi connectivity index (χ0) is 33.2. The van der Waals surface area contributed by atoms with Crippen molar-refractivity contribution in [3.63, 3.8) is 0 Å². The van der Waals surface area contributed by atoms with Crippen LogP contribution in [0.2, 0.25) is 0 Å². The van der Waals surface area contributed by atoms with Gasteiger partial charge in [-0.05, 0) is 73.9 Å². The van der Waals surface area contributed by atoms with Gasteiger partial charge < -0.3 is 9.47 Å². The molecule has 1 unspecified atom stereocenters. The number of benzene rings is 4. The van der Waals surface area contributed by atoms with Gasteiger partial charge in [0, 0.05) is 45.2 Å². The molecule has 0 radical (unpaired) electrons. The van der Waals surface area contributed by atoms with Crippen molar-refractivity contribution in [1.29, 1.82) is 0 Å². The number of nitrogens with zero attached hydrogens (tertiary/aromatic N) is 2. The van der Waals surface area contributed by atoms with Crippen molar-refractivity contribution in [2.45, 2.75) is 50.0 Å². The first kappa shape index (κ1) is 31.3. The first-order valence-electron chi connectivity index (χ1n) is 14.8. The second-order valence-electron chi connectivity index (χ2n) is 12.2. The summed E-state index contributed by atoms with van der Waals surface area (Å²) >= 11 is 0. The fourth-order valence-electron chi connectivity index (χ4n) is 7.36. The van der Waals surface area contributed by atoms with Gasteiger partial charge in [-0.25, -0.2) is 0 Å². The fraction of sp³-hybridized carbons (Fsp3) is 0.211. The maximum Gasteiger partial charge on any atom is 0.411 e. The van der Waals surface area contributed by atoms with E-state index >= 15 is 26.3 Å². The molecular formula is C38H32F6N2. The minimum atomic E-state index is -5.70. The van der Waals surface area contributed by atoms with Gasteiger partial charge in [-0.15, -0.1) is 6.58 Å². The summed E-state index contributed by atoms with van der Waals surface area (Å²) in [7, 11) is 0. The van der Waals surface area contributed by atoms with Gasteiger partial charge >= 0.3 is 12.4 Å². The lowest BCUT2D eigenvalue weighted by molar-refractivity contribution is -0.288. The highest BCUT2D eigenvalue weighted by molar-refractivity contribution is 5.92. The SMILES string of the molecule is C=Cc1c(C)n(-c2ccc(C(c3ccc(N4c5ccccc5C(C=C)C4(C)C)cc3)(C(F)(F)F)C(F)(F)F)cc2)c2ccccc12. The van der Waals surface area contributed by atoms with Gasteiger partial charge in [0.2, 0.25) is 5.41 Å². The Hall–Kier alpha value is -4.72. The van der Waals surface area contributed by atoms with Crippen LogP contribution in [0.15, 0.2) is 116 Å². The van der Waals surface area contributed by atoms with Crippen LogP contribution >= 0.6 is 0 Å². The third kappa shape index (κ3) is 4.33. The zero-order valence-corrected chi connectivity index (χ0v) is 25.5. The zero-order valence-electron chi connectivity index (χ0n) is 25.5. The van der Waals surface area contributed by atoms with Crippen molar-refractivity contribution in [2.24, 2.45) is 0 Å². The van der Waals surface area contributed by atoms with Gasteiger partial charge in [-0.1, -0.05) is 79.4 Å². The minimum absolute atomic E-state index is 0.102. The number of fused-ring (bicyclic) bond motifs is 2. The summed E-state index contributed by atoms with van der Waals surface area (Å²) in [6.45, 7) is 13.6. The lowest BCUT2D eigenvalue weighted by atomic mass is 9.72. The molecular weight excluding hydrogens is 598 g/mol. The lowest BCUT2D eigenvalue weighted by Gasteiger charge is -2.40. The van der Waals surface area contributed by atoms with Crippen LogP contribution in [0.1, 0.15) is 47.7 Å². The Labute approximate surface area is 263 Å². The molecule has 0 N–H and O–H groups in total. The van der Waals surface area contributed by atoms with Crippen molar-refractivity contribution in [2.75, 3.05) is 4.90 Å². The second kappa shape index (κ2) is 10.7. The predicted octanol–water partition coefficient (Wildman–Crippen LogP) is 11.2. The first-order valence-corrected chi connectivity index (χ1v) is 14.8. The molecule has 0 aliphatic carbocycles. The van der Waals surface area contributed by atoms with E-state index in [1.54, 1.807) is 10.6 Å². The van der Waals surface area contributed by atoms with E-state index in [-0.39, 0.29) is 5.92 Å². The van der Waals surface area contributed by atoms with Gasteiger partial charge in [-0.2, -0.15) is 26.3 Å². The first-order chi connectivity index (χ1) is 21.7. The normalized spacial score (nSPS) is 16.5. The van der Waals surface area contributed by atoms with Crippen LogP contribution in [-0.4, -0.2) is 22.5 Å². The summed E-state index contributed by atoms with van der Waals surface area (Å²) in [6.07, 6.45) is -7.91. The number of anilines is 2. The minimum Gasteiger partial charge on any atom is -0.335 e. The lowest BCUT2D eigenvalue weighted by Crippen LogP contribution is -2.54. The van der Waals surface area contributed by atoms with Crippen LogP contribution in [-0.2, 0) is 5.41 Å². The third-order valence-electron chi connectivity index (χ3n) is 9.42. The molecule has 0 saturated carbocycles. The molecule has 0 amide bonds. The Balaban J connectivity index is 1.49. The van der Waals surface area contributed by atoms with Gasteiger partial charge in [0.15, 0.2) is 0 Å². The Morgan fingerprint density at radius 2 is 1.22 bits per heavy atom.